The second-order valence-corrected chi connectivity index (χ2v) is 7.76. The number of carbonyl (C=O) groups is 2. The van der Waals surface area contributed by atoms with Crippen LogP contribution in [-0.4, -0.2) is 60.4 Å². The number of nitrogens with one attached hydrogen (secondary N) is 1. The summed E-state index contributed by atoms with van der Waals surface area (Å²) in [6.45, 7) is 3.38. The van der Waals surface area contributed by atoms with Gasteiger partial charge in [0.25, 0.3) is 5.91 Å². The molecule has 7 heteroatoms. The molecule has 1 aromatic heterocycles. The van der Waals surface area contributed by atoms with Gasteiger partial charge in [0.15, 0.2) is 0 Å². The van der Waals surface area contributed by atoms with E-state index in [2.05, 4.69) is 5.32 Å². The van der Waals surface area contributed by atoms with E-state index in [1.807, 2.05) is 51.6 Å². The van der Waals surface area contributed by atoms with Crippen LogP contribution in [0.3, 0.4) is 0 Å². The third kappa shape index (κ3) is 4.18. The van der Waals surface area contributed by atoms with E-state index in [4.69, 9.17) is 0 Å². The molecular formula is C20H24ClN3O2S. The molecule has 2 fully saturated rings. The van der Waals surface area contributed by atoms with Crippen molar-refractivity contribution in [3.8, 4) is 11.1 Å². The van der Waals surface area contributed by atoms with Gasteiger partial charge in [-0.3, -0.25) is 9.59 Å². The van der Waals surface area contributed by atoms with E-state index in [1.165, 1.54) is 11.3 Å². The second-order valence-electron chi connectivity index (χ2n) is 6.84. The highest BCUT2D eigenvalue weighted by Crippen LogP contribution is 2.30. The number of halogens is 1. The number of piperazine rings is 1. The number of thiophene rings is 1. The van der Waals surface area contributed by atoms with Crippen molar-refractivity contribution in [1.82, 2.24) is 15.1 Å². The minimum Gasteiger partial charge on any atom is -0.336 e. The van der Waals surface area contributed by atoms with Gasteiger partial charge in [-0.25, -0.2) is 0 Å². The Balaban J connectivity index is 0.00000210. The summed E-state index contributed by atoms with van der Waals surface area (Å²) >= 11 is 1.50. The Morgan fingerprint density at radius 3 is 2.74 bits per heavy atom. The fourth-order valence-electron chi connectivity index (χ4n) is 3.86. The average molecular weight is 406 g/mol. The number of likely N-dealkylation sites (tertiary alicyclic amines) is 1. The van der Waals surface area contributed by atoms with Crippen molar-refractivity contribution in [2.24, 2.45) is 0 Å². The van der Waals surface area contributed by atoms with Crippen LogP contribution in [0.4, 0.5) is 0 Å². The van der Waals surface area contributed by atoms with Gasteiger partial charge in [0.05, 0.1) is 11.4 Å². The maximum absolute atomic E-state index is 13.2. The van der Waals surface area contributed by atoms with Crippen LogP contribution in [0.25, 0.3) is 11.1 Å². The summed E-state index contributed by atoms with van der Waals surface area (Å²) in [5.41, 5.74) is 2.07. The van der Waals surface area contributed by atoms with Crippen LogP contribution < -0.4 is 5.32 Å². The number of rotatable bonds is 3. The molecule has 2 amide bonds. The van der Waals surface area contributed by atoms with Gasteiger partial charge in [-0.15, -0.1) is 23.7 Å². The second kappa shape index (κ2) is 8.87. The smallest absolute Gasteiger partial charge is 0.264 e. The molecule has 5 nitrogen and oxygen atoms in total. The van der Waals surface area contributed by atoms with Crippen molar-refractivity contribution in [2.45, 2.75) is 18.9 Å². The standard InChI is InChI=1S/C20H23N3O2S.ClH/c24-18-13-21-9-11-23(18)16-7-4-10-22(14-16)20(25)19-17(8-12-26-19)15-5-2-1-3-6-15;/h1-3,5-6,8,12,16,21H,4,7,9-11,13-14H2;1H. The summed E-state index contributed by atoms with van der Waals surface area (Å²) in [5.74, 6) is 0.239. The van der Waals surface area contributed by atoms with Crippen LogP contribution in [0.5, 0.6) is 0 Å². The van der Waals surface area contributed by atoms with E-state index in [0.29, 0.717) is 13.1 Å². The zero-order valence-electron chi connectivity index (χ0n) is 15.1. The van der Waals surface area contributed by atoms with Gasteiger partial charge in [0, 0.05) is 37.8 Å². The summed E-state index contributed by atoms with van der Waals surface area (Å²) in [6, 6.07) is 12.2. The van der Waals surface area contributed by atoms with Crippen molar-refractivity contribution in [2.75, 3.05) is 32.7 Å². The predicted octanol–water partition coefficient (Wildman–Crippen LogP) is 2.87. The van der Waals surface area contributed by atoms with Crippen LogP contribution in [0, 0.1) is 0 Å². The zero-order chi connectivity index (χ0) is 17.9. The summed E-state index contributed by atoms with van der Waals surface area (Å²) < 4.78 is 0. The molecule has 2 aromatic rings. The molecule has 1 aromatic carbocycles. The topological polar surface area (TPSA) is 52.7 Å². The van der Waals surface area contributed by atoms with Crippen LogP contribution in [0.15, 0.2) is 41.8 Å². The Hall–Kier alpha value is -1.89. The molecular weight excluding hydrogens is 382 g/mol. The van der Waals surface area contributed by atoms with Gasteiger partial charge in [-0.1, -0.05) is 30.3 Å². The molecule has 0 saturated carbocycles. The van der Waals surface area contributed by atoms with Gasteiger partial charge >= 0.3 is 0 Å². The van der Waals surface area contributed by atoms with Crippen molar-refractivity contribution in [3.05, 3.63) is 46.7 Å². The quantitative estimate of drug-likeness (QED) is 0.854. The maximum Gasteiger partial charge on any atom is 0.264 e. The number of piperidine rings is 1. The Morgan fingerprint density at radius 1 is 1.15 bits per heavy atom. The number of benzene rings is 1. The highest BCUT2D eigenvalue weighted by Gasteiger charge is 2.32. The number of nitrogens with zero attached hydrogens (tertiary/aromatic N) is 2. The first-order valence-corrected chi connectivity index (χ1v) is 10.0. The van der Waals surface area contributed by atoms with Gasteiger partial charge in [0.1, 0.15) is 0 Å². The first kappa shape index (κ1) is 19.9. The molecule has 0 bridgehead atoms. The Morgan fingerprint density at radius 2 is 1.96 bits per heavy atom. The van der Waals surface area contributed by atoms with E-state index >= 15 is 0 Å². The van der Waals surface area contributed by atoms with Gasteiger partial charge in [-0.2, -0.15) is 0 Å². The van der Waals surface area contributed by atoms with Crippen molar-refractivity contribution in [1.29, 1.82) is 0 Å². The molecule has 1 N–H and O–H groups in total. The molecule has 27 heavy (non-hydrogen) atoms. The SMILES string of the molecule is Cl.O=C(c1sccc1-c1ccccc1)N1CCCC(N2CCNCC2=O)C1. The number of amides is 2. The molecule has 1 unspecified atom stereocenters. The van der Waals surface area contributed by atoms with Crippen molar-refractivity contribution < 1.29 is 9.59 Å². The molecule has 1 atom stereocenters. The molecule has 0 radical (unpaired) electrons. The van der Waals surface area contributed by atoms with E-state index in [9.17, 15) is 9.59 Å². The van der Waals surface area contributed by atoms with Gasteiger partial charge in [0.2, 0.25) is 5.91 Å². The normalized spacial score (nSPS) is 20.3. The zero-order valence-corrected chi connectivity index (χ0v) is 16.7. The maximum atomic E-state index is 13.2. The minimum absolute atomic E-state index is 0. The van der Waals surface area contributed by atoms with E-state index < -0.39 is 0 Å². The number of carbonyl (C=O) groups excluding carboxylic acids is 2. The van der Waals surface area contributed by atoms with Crippen molar-refractivity contribution in [3.63, 3.8) is 0 Å². The lowest BCUT2D eigenvalue weighted by Gasteiger charge is -2.41. The third-order valence-corrected chi connectivity index (χ3v) is 6.10. The summed E-state index contributed by atoms with van der Waals surface area (Å²) in [5, 5.41) is 5.10. The lowest BCUT2D eigenvalue weighted by molar-refractivity contribution is -0.135. The van der Waals surface area contributed by atoms with Gasteiger partial charge < -0.3 is 15.1 Å². The molecule has 144 valence electrons. The molecule has 2 aliphatic heterocycles. The Bertz CT molecular complexity index is 796. The molecule has 0 spiro atoms. The fraction of sp³-hybridized carbons (Fsp3) is 0.400. The lowest BCUT2D eigenvalue weighted by atomic mass is 10.0. The molecule has 2 aliphatic rings. The van der Waals surface area contributed by atoms with Gasteiger partial charge in [-0.05, 0) is 29.9 Å². The molecule has 4 rings (SSSR count). The lowest BCUT2D eigenvalue weighted by Crippen LogP contribution is -2.57. The predicted molar refractivity (Wildman–Crippen MR) is 111 cm³/mol. The summed E-state index contributed by atoms with van der Waals surface area (Å²) in [7, 11) is 0. The fourth-order valence-corrected chi connectivity index (χ4v) is 4.75. The van der Waals surface area contributed by atoms with E-state index in [1.54, 1.807) is 0 Å². The summed E-state index contributed by atoms with van der Waals surface area (Å²) in [6.07, 6.45) is 1.92. The first-order chi connectivity index (χ1) is 12.7. The van der Waals surface area contributed by atoms with Crippen LogP contribution in [-0.2, 0) is 4.79 Å². The van der Waals surface area contributed by atoms with Crippen LogP contribution in [0.1, 0.15) is 22.5 Å². The van der Waals surface area contributed by atoms with Crippen molar-refractivity contribution >= 4 is 35.6 Å². The highest BCUT2D eigenvalue weighted by molar-refractivity contribution is 7.12. The third-order valence-electron chi connectivity index (χ3n) is 5.19. The number of hydrogen-bond donors (Lipinski definition) is 1. The monoisotopic (exact) mass is 405 g/mol. The van der Waals surface area contributed by atoms with E-state index in [0.717, 1.165) is 48.5 Å². The number of hydrogen-bond acceptors (Lipinski definition) is 4. The minimum atomic E-state index is 0. The Labute approximate surface area is 169 Å². The molecule has 2 saturated heterocycles. The molecule has 0 aliphatic carbocycles. The van der Waals surface area contributed by atoms with Crippen LogP contribution in [0.2, 0.25) is 0 Å². The largest absolute Gasteiger partial charge is 0.336 e. The average Bonchev–Trinajstić information content (AvgIpc) is 3.18. The van der Waals surface area contributed by atoms with Crippen LogP contribution >= 0.6 is 23.7 Å². The summed E-state index contributed by atoms with van der Waals surface area (Å²) in [4.78, 5) is 30.1. The molecule has 3 heterocycles. The van der Waals surface area contributed by atoms with E-state index in [-0.39, 0.29) is 30.3 Å². The Kier molecular flexibility index (Phi) is 6.52. The highest BCUT2D eigenvalue weighted by atomic mass is 35.5. The first-order valence-electron chi connectivity index (χ1n) is 9.16.